The molecular formula is C31H36N2O8S2. The maximum absolute atomic E-state index is 14.7. The predicted octanol–water partition coefficient (Wildman–Crippen LogP) is 3.52. The van der Waals surface area contributed by atoms with Crippen molar-refractivity contribution in [2.45, 2.75) is 68.5 Å². The van der Waals surface area contributed by atoms with Crippen LogP contribution in [0.25, 0.3) is 0 Å². The van der Waals surface area contributed by atoms with E-state index in [-0.39, 0.29) is 36.2 Å². The molecule has 2 amide bonds. The second-order valence-electron chi connectivity index (χ2n) is 11.3. The predicted molar refractivity (Wildman–Crippen MR) is 164 cm³/mol. The van der Waals surface area contributed by atoms with Crippen molar-refractivity contribution >= 4 is 52.8 Å². The van der Waals surface area contributed by atoms with Gasteiger partial charge in [-0.05, 0) is 62.1 Å². The number of thioether (sulfide) groups is 2. The number of ketones is 1. The van der Waals surface area contributed by atoms with E-state index in [0.29, 0.717) is 22.4 Å². The summed E-state index contributed by atoms with van der Waals surface area (Å²) in [5.41, 5.74) is 2.10. The topological polar surface area (TPSA) is 134 Å². The van der Waals surface area contributed by atoms with E-state index in [0.717, 1.165) is 0 Å². The number of amides is 2. The minimum atomic E-state index is -1.38. The van der Waals surface area contributed by atoms with E-state index < -0.39 is 45.8 Å². The number of aromatic hydroxyl groups is 1. The molecule has 0 spiro atoms. The largest absolute Gasteiger partial charge is 0.506 e. The number of para-hydroxylation sites is 1. The number of benzene rings is 1. The summed E-state index contributed by atoms with van der Waals surface area (Å²) in [6.45, 7) is 6.44. The maximum Gasteiger partial charge on any atom is 0.311 e. The summed E-state index contributed by atoms with van der Waals surface area (Å²) in [4.78, 5) is 55.6. The quantitative estimate of drug-likeness (QED) is 0.325. The number of aliphatic hydroxyl groups is 1. The van der Waals surface area contributed by atoms with Gasteiger partial charge in [0.25, 0.3) is 11.8 Å². The Kier molecular flexibility index (Phi) is 8.25. The summed E-state index contributed by atoms with van der Waals surface area (Å²) in [6.07, 6.45) is 7.51. The fourth-order valence-electron chi connectivity index (χ4n) is 6.53. The molecule has 4 aliphatic rings. The lowest BCUT2D eigenvalue weighted by atomic mass is 9.87. The third-order valence-corrected chi connectivity index (χ3v) is 11.5. The van der Waals surface area contributed by atoms with Gasteiger partial charge >= 0.3 is 5.97 Å². The first kappa shape index (κ1) is 31.2. The van der Waals surface area contributed by atoms with Crippen molar-refractivity contribution in [1.82, 2.24) is 4.90 Å². The van der Waals surface area contributed by atoms with Gasteiger partial charge < -0.3 is 24.6 Å². The molecule has 4 aliphatic heterocycles. The Labute approximate surface area is 259 Å². The zero-order valence-corrected chi connectivity index (χ0v) is 26.5. The zero-order valence-electron chi connectivity index (χ0n) is 24.9. The van der Waals surface area contributed by atoms with Gasteiger partial charge in [0, 0.05) is 18.8 Å². The van der Waals surface area contributed by atoms with Gasteiger partial charge in [0.1, 0.15) is 11.9 Å². The van der Waals surface area contributed by atoms with Crippen LogP contribution < -0.4 is 4.90 Å². The van der Waals surface area contributed by atoms with Crippen LogP contribution in [0.5, 0.6) is 5.75 Å². The number of hydrogen-bond donors (Lipinski definition) is 2. The van der Waals surface area contributed by atoms with Gasteiger partial charge in [-0.2, -0.15) is 0 Å². The van der Waals surface area contributed by atoms with Crippen LogP contribution in [0, 0.1) is 11.8 Å². The Morgan fingerprint density at radius 1 is 1.12 bits per heavy atom. The van der Waals surface area contributed by atoms with Gasteiger partial charge in [-0.3, -0.25) is 24.1 Å². The Morgan fingerprint density at radius 3 is 2.47 bits per heavy atom. The molecule has 2 fully saturated rings. The average molecular weight is 629 g/mol. The molecule has 0 bridgehead atoms. The van der Waals surface area contributed by atoms with E-state index in [1.54, 1.807) is 51.5 Å². The van der Waals surface area contributed by atoms with Crippen molar-refractivity contribution in [3.8, 4) is 5.75 Å². The number of anilines is 1. The molecule has 43 heavy (non-hydrogen) atoms. The molecule has 7 atom stereocenters. The van der Waals surface area contributed by atoms with Crippen molar-refractivity contribution in [3.05, 3.63) is 59.6 Å². The van der Waals surface area contributed by atoms with E-state index >= 15 is 0 Å². The summed E-state index contributed by atoms with van der Waals surface area (Å²) < 4.78 is 11.5. The van der Waals surface area contributed by atoms with Gasteiger partial charge in [0.05, 0.1) is 36.3 Å². The molecule has 1 aromatic rings. The highest BCUT2D eigenvalue weighted by Crippen LogP contribution is 2.59. The Bertz CT molecular complexity index is 1470. The van der Waals surface area contributed by atoms with Crippen LogP contribution in [-0.4, -0.2) is 79.2 Å². The van der Waals surface area contributed by atoms with Crippen LogP contribution in [0.4, 0.5) is 5.69 Å². The molecular weight excluding hydrogens is 592 g/mol. The number of phenols is 1. The molecule has 2 N–H and O–H groups in total. The van der Waals surface area contributed by atoms with Gasteiger partial charge in [-0.1, -0.05) is 25.1 Å². The first-order valence-corrected chi connectivity index (χ1v) is 16.5. The van der Waals surface area contributed by atoms with E-state index in [2.05, 4.69) is 0 Å². The minimum absolute atomic E-state index is 0.0753. The van der Waals surface area contributed by atoms with Gasteiger partial charge in [-0.25, -0.2) is 0 Å². The number of fused-ring (bicyclic) bond motifs is 6. The molecule has 2 saturated heterocycles. The molecule has 0 radical (unpaired) electrons. The fraction of sp³-hybridized carbons (Fsp3) is 0.484. The van der Waals surface area contributed by atoms with Gasteiger partial charge in [0.15, 0.2) is 15.5 Å². The molecule has 12 heteroatoms. The number of piperazine rings is 1. The van der Waals surface area contributed by atoms with Crippen LogP contribution in [-0.2, 0) is 35.1 Å². The highest BCUT2D eigenvalue weighted by Gasteiger charge is 2.71. The number of phenolic OH excluding ortho intramolecular Hbond substituents is 1. The number of carbonyl (C=O) groups excluding carboxylic acids is 4. The van der Waals surface area contributed by atoms with Crippen LogP contribution >= 0.6 is 23.5 Å². The smallest absolute Gasteiger partial charge is 0.311 e. The lowest BCUT2D eigenvalue weighted by Gasteiger charge is -2.52. The summed E-state index contributed by atoms with van der Waals surface area (Å²) in [5, 5.41) is 21.7. The minimum Gasteiger partial charge on any atom is -0.506 e. The number of allylic oxidation sites excluding steroid dienone is 2. The Balaban J connectivity index is 1.51. The number of esters is 1. The van der Waals surface area contributed by atoms with E-state index in [1.807, 2.05) is 0 Å². The monoisotopic (exact) mass is 628 g/mol. The first-order chi connectivity index (χ1) is 20.4. The van der Waals surface area contributed by atoms with Crippen molar-refractivity contribution in [2.75, 3.05) is 17.4 Å². The second kappa shape index (κ2) is 11.4. The highest BCUT2D eigenvalue weighted by atomic mass is 32.2. The van der Waals surface area contributed by atoms with Crippen LogP contribution in [0.2, 0.25) is 0 Å². The van der Waals surface area contributed by atoms with Gasteiger partial charge in [0.2, 0.25) is 0 Å². The summed E-state index contributed by atoms with van der Waals surface area (Å²) in [5.74, 6) is -3.69. The molecule has 0 aromatic heterocycles. The molecule has 230 valence electrons. The standard InChI is InChI=1S/C31H36N2O8S2/c1-7-16(2)25(35)17(3)26(36)18(4)27(37)41-22-11-12-40-15-20-14-31(43-6)28(38)32-23-19(9-8-10-21(23)34)13-30(32,42-5)29(39)33(31)24(20)22/h7-12,15,17-18,22,24,26,34,36H,13-14H2,1-6H3/b16-7+/t17-,18-,22+,24+,26+,30-,31-/m1/s1. The SMILES string of the molecule is C/C=C(\C)C(=O)[C@@H](C)[C@H](O)[C@@H](C)C(=O)O[C@H]1C=COC=C2C[C@@]3(SC)C(=O)N4c5c(O)cccc5C[C@@]4(SC)C(=O)N3[C@@H]21. The number of nitrogens with zero attached hydrogens (tertiary/aromatic N) is 2. The average Bonchev–Trinajstić information content (AvgIpc) is 3.48. The molecule has 0 aliphatic carbocycles. The lowest BCUT2D eigenvalue weighted by Crippen LogP contribution is -2.74. The third-order valence-electron chi connectivity index (χ3n) is 9.13. The maximum atomic E-state index is 14.7. The van der Waals surface area contributed by atoms with Gasteiger partial charge in [-0.15, -0.1) is 23.5 Å². The summed E-state index contributed by atoms with van der Waals surface area (Å²) >= 11 is 2.44. The molecule has 0 unspecified atom stereocenters. The zero-order chi connectivity index (χ0) is 31.4. The molecule has 10 nitrogen and oxygen atoms in total. The first-order valence-electron chi connectivity index (χ1n) is 14.1. The Morgan fingerprint density at radius 2 is 1.81 bits per heavy atom. The molecule has 4 heterocycles. The normalized spacial score (nSPS) is 29.8. The fourth-order valence-corrected chi connectivity index (χ4v) is 8.43. The number of Topliss-reactive ketones (excluding diaryl/α,β-unsaturated/α-hetero) is 1. The Hall–Kier alpha value is -3.22. The number of carbonyl (C=O) groups is 4. The van der Waals surface area contributed by atoms with Crippen molar-refractivity contribution in [2.24, 2.45) is 11.8 Å². The summed E-state index contributed by atoms with van der Waals surface area (Å²) in [7, 11) is 0. The van der Waals surface area contributed by atoms with E-state index in [4.69, 9.17) is 9.47 Å². The highest BCUT2D eigenvalue weighted by molar-refractivity contribution is 8.01. The molecule has 5 rings (SSSR count). The number of aliphatic hydroxyl groups excluding tert-OH is 1. The number of ether oxygens (including phenoxy) is 2. The number of hydrogen-bond acceptors (Lipinski definition) is 10. The van der Waals surface area contributed by atoms with Crippen molar-refractivity contribution in [1.29, 1.82) is 0 Å². The third kappa shape index (κ3) is 4.52. The van der Waals surface area contributed by atoms with Crippen LogP contribution in [0.1, 0.15) is 39.7 Å². The number of rotatable bonds is 8. The second-order valence-corrected chi connectivity index (χ2v) is 13.5. The molecule has 1 aromatic carbocycles. The lowest BCUT2D eigenvalue weighted by molar-refractivity contribution is -0.162. The van der Waals surface area contributed by atoms with Crippen molar-refractivity contribution in [3.63, 3.8) is 0 Å². The molecule has 0 saturated carbocycles. The van der Waals surface area contributed by atoms with Crippen LogP contribution in [0.3, 0.4) is 0 Å². The van der Waals surface area contributed by atoms with Crippen LogP contribution in [0.15, 0.2) is 54.0 Å². The summed E-state index contributed by atoms with van der Waals surface area (Å²) in [6, 6.07) is 4.14. The van der Waals surface area contributed by atoms with E-state index in [1.165, 1.54) is 64.9 Å². The van der Waals surface area contributed by atoms with E-state index in [9.17, 15) is 29.4 Å². The van der Waals surface area contributed by atoms with Crippen molar-refractivity contribution < 1.29 is 38.9 Å².